The van der Waals surface area contributed by atoms with Crippen LogP contribution in [0.2, 0.25) is 0 Å². The molecule has 1 saturated carbocycles. The lowest BCUT2D eigenvalue weighted by atomic mass is 9.87. The van der Waals surface area contributed by atoms with E-state index in [1.165, 1.54) is 6.08 Å². The maximum Gasteiger partial charge on any atom is 0.407 e. The van der Waals surface area contributed by atoms with Gasteiger partial charge in [0.15, 0.2) is 0 Å². The van der Waals surface area contributed by atoms with Gasteiger partial charge in [-0.3, -0.25) is 0 Å². The average Bonchev–Trinajstić information content (AvgIpc) is 2.08. The second-order valence-corrected chi connectivity index (χ2v) is 2.88. The highest BCUT2D eigenvalue weighted by Crippen LogP contribution is 2.17. The summed E-state index contributed by atoms with van der Waals surface area (Å²) in [4.78, 5) is 10.9. The Kier molecular flexibility index (Phi) is 3.10. The molecule has 3 N–H and O–H groups in total. The number of amides is 1. The minimum Gasteiger partial charge on any atom is -0.445 e. The summed E-state index contributed by atoms with van der Waals surface area (Å²) in [6.07, 6.45) is 3.05. The predicted molar refractivity (Wildman–Crippen MR) is 45.7 cm³/mol. The maximum absolute atomic E-state index is 10.9. The molecule has 0 bridgehead atoms. The number of nitrogens with one attached hydrogen (secondary N) is 1. The van der Waals surface area contributed by atoms with Crippen LogP contribution in [0.3, 0.4) is 0 Å². The third-order valence-electron chi connectivity index (χ3n) is 1.96. The molecule has 1 aliphatic carbocycles. The number of hydrogen-bond donors (Lipinski definition) is 2. The van der Waals surface area contributed by atoms with Crippen molar-refractivity contribution in [3.05, 3.63) is 12.7 Å². The first-order valence-corrected chi connectivity index (χ1v) is 4.04. The molecule has 0 heterocycles. The van der Waals surface area contributed by atoms with Gasteiger partial charge in [-0.05, 0) is 12.8 Å². The van der Waals surface area contributed by atoms with Gasteiger partial charge in [0.2, 0.25) is 0 Å². The summed E-state index contributed by atoms with van der Waals surface area (Å²) >= 11 is 0. The summed E-state index contributed by atoms with van der Waals surface area (Å²) in [5, 5.41) is 2.67. The van der Waals surface area contributed by atoms with E-state index >= 15 is 0 Å². The van der Waals surface area contributed by atoms with Crippen LogP contribution in [0, 0.1) is 0 Å². The molecular formula is C8H14N2O2. The van der Waals surface area contributed by atoms with Crippen LogP contribution < -0.4 is 11.1 Å². The molecule has 0 aromatic heterocycles. The van der Waals surface area contributed by atoms with Gasteiger partial charge in [-0.2, -0.15) is 0 Å². The van der Waals surface area contributed by atoms with Crippen LogP contribution in [0.1, 0.15) is 12.8 Å². The van der Waals surface area contributed by atoms with Gasteiger partial charge < -0.3 is 15.8 Å². The summed E-state index contributed by atoms with van der Waals surface area (Å²) in [7, 11) is 0. The molecule has 1 rings (SSSR count). The normalized spacial score (nSPS) is 27.1. The van der Waals surface area contributed by atoms with Gasteiger partial charge in [-0.25, -0.2) is 4.79 Å². The van der Waals surface area contributed by atoms with Crippen molar-refractivity contribution in [1.82, 2.24) is 5.32 Å². The molecule has 4 nitrogen and oxygen atoms in total. The Morgan fingerprint density at radius 3 is 2.92 bits per heavy atom. The summed E-state index contributed by atoms with van der Waals surface area (Å²) in [6.45, 7) is 3.68. The Morgan fingerprint density at radius 1 is 1.75 bits per heavy atom. The van der Waals surface area contributed by atoms with Crippen LogP contribution in [0.5, 0.6) is 0 Å². The molecule has 0 aromatic carbocycles. The van der Waals surface area contributed by atoms with Gasteiger partial charge >= 0.3 is 6.09 Å². The van der Waals surface area contributed by atoms with Crippen molar-refractivity contribution in [1.29, 1.82) is 0 Å². The zero-order chi connectivity index (χ0) is 8.97. The fourth-order valence-corrected chi connectivity index (χ4v) is 1.03. The lowest BCUT2D eigenvalue weighted by Gasteiger charge is -2.33. The fraction of sp³-hybridized carbons (Fsp3) is 0.625. The molecule has 68 valence electrons. The second-order valence-electron chi connectivity index (χ2n) is 2.88. The molecule has 0 aromatic rings. The van der Waals surface area contributed by atoms with Gasteiger partial charge in [0.25, 0.3) is 0 Å². The summed E-state index contributed by atoms with van der Waals surface area (Å²) < 4.78 is 4.72. The van der Waals surface area contributed by atoms with Crippen molar-refractivity contribution >= 4 is 6.09 Å². The number of ether oxygens (including phenoxy) is 1. The molecule has 2 atom stereocenters. The van der Waals surface area contributed by atoms with E-state index in [4.69, 9.17) is 10.5 Å². The summed E-state index contributed by atoms with van der Waals surface area (Å²) in [5.74, 6) is 0. The molecule has 0 saturated heterocycles. The van der Waals surface area contributed by atoms with Crippen molar-refractivity contribution in [3.63, 3.8) is 0 Å². The van der Waals surface area contributed by atoms with Gasteiger partial charge in [0.05, 0.1) is 0 Å². The van der Waals surface area contributed by atoms with E-state index in [1.807, 2.05) is 0 Å². The Hall–Kier alpha value is -1.03. The van der Waals surface area contributed by atoms with Crippen molar-refractivity contribution in [2.24, 2.45) is 5.73 Å². The Bertz CT molecular complexity index is 182. The van der Waals surface area contributed by atoms with E-state index in [0.29, 0.717) is 0 Å². The van der Waals surface area contributed by atoms with Crippen molar-refractivity contribution < 1.29 is 9.53 Å². The number of carbonyl (C=O) groups excluding carboxylic acids is 1. The largest absolute Gasteiger partial charge is 0.445 e. The number of rotatable bonds is 3. The maximum atomic E-state index is 10.9. The Labute approximate surface area is 71.8 Å². The predicted octanol–water partition coefficient (Wildman–Crippen LogP) is 0.388. The lowest BCUT2D eigenvalue weighted by Crippen LogP contribution is -2.54. The van der Waals surface area contributed by atoms with E-state index in [9.17, 15) is 4.79 Å². The summed E-state index contributed by atoms with van der Waals surface area (Å²) in [6, 6.07) is 0.198. The van der Waals surface area contributed by atoms with E-state index in [2.05, 4.69) is 11.9 Å². The van der Waals surface area contributed by atoms with Crippen LogP contribution >= 0.6 is 0 Å². The highest BCUT2D eigenvalue weighted by atomic mass is 16.5. The van der Waals surface area contributed by atoms with Gasteiger partial charge in [0, 0.05) is 12.1 Å². The zero-order valence-corrected chi connectivity index (χ0v) is 6.95. The Morgan fingerprint density at radius 2 is 2.50 bits per heavy atom. The molecule has 12 heavy (non-hydrogen) atoms. The molecule has 0 spiro atoms. The number of alkyl carbamates (subject to hydrolysis) is 1. The van der Waals surface area contributed by atoms with Crippen LogP contribution in [0.15, 0.2) is 12.7 Å². The lowest BCUT2D eigenvalue weighted by molar-refractivity contribution is 0.144. The molecule has 1 aliphatic rings. The van der Waals surface area contributed by atoms with Crippen molar-refractivity contribution in [3.8, 4) is 0 Å². The smallest absolute Gasteiger partial charge is 0.407 e. The summed E-state index contributed by atoms with van der Waals surface area (Å²) in [5.41, 5.74) is 5.61. The molecule has 0 aliphatic heterocycles. The first-order chi connectivity index (χ1) is 5.74. The SMILES string of the molecule is C=CCOC(=O)N[C@H]1CC[C@H]1N. The highest BCUT2D eigenvalue weighted by molar-refractivity contribution is 5.67. The monoisotopic (exact) mass is 170 g/mol. The van der Waals surface area contributed by atoms with Crippen molar-refractivity contribution in [2.75, 3.05) is 6.61 Å². The molecule has 0 radical (unpaired) electrons. The van der Waals surface area contributed by atoms with Crippen LogP contribution in [-0.2, 0) is 4.74 Å². The van der Waals surface area contributed by atoms with Crippen LogP contribution in [0.4, 0.5) is 4.79 Å². The van der Waals surface area contributed by atoms with Crippen LogP contribution in [-0.4, -0.2) is 24.8 Å². The quantitative estimate of drug-likeness (QED) is 0.602. The third kappa shape index (κ3) is 2.23. The Balaban J connectivity index is 2.13. The number of hydrogen-bond acceptors (Lipinski definition) is 3. The number of nitrogens with two attached hydrogens (primary N) is 1. The van der Waals surface area contributed by atoms with E-state index in [1.54, 1.807) is 0 Å². The standard InChI is InChI=1S/C8H14N2O2/c1-2-5-12-8(11)10-7-4-3-6(7)9/h2,6-7H,1,3-5,9H2,(H,10,11)/t6-,7+/m1/s1. The first kappa shape index (κ1) is 9.06. The zero-order valence-electron chi connectivity index (χ0n) is 6.95. The highest BCUT2D eigenvalue weighted by Gasteiger charge is 2.28. The van der Waals surface area contributed by atoms with E-state index < -0.39 is 6.09 Å². The second kappa shape index (κ2) is 4.11. The minimum atomic E-state index is -0.407. The average molecular weight is 170 g/mol. The molecule has 1 amide bonds. The van der Waals surface area contributed by atoms with Gasteiger partial charge in [0.1, 0.15) is 6.61 Å². The van der Waals surface area contributed by atoms with Crippen molar-refractivity contribution in [2.45, 2.75) is 24.9 Å². The van der Waals surface area contributed by atoms with Gasteiger partial charge in [-0.15, -0.1) is 0 Å². The van der Waals surface area contributed by atoms with E-state index in [0.717, 1.165) is 12.8 Å². The van der Waals surface area contributed by atoms with E-state index in [-0.39, 0.29) is 18.7 Å². The van der Waals surface area contributed by atoms with Crippen LogP contribution in [0.25, 0.3) is 0 Å². The molecular weight excluding hydrogens is 156 g/mol. The number of carbonyl (C=O) groups is 1. The first-order valence-electron chi connectivity index (χ1n) is 4.04. The molecule has 0 unspecified atom stereocenters. The topological polar surface area (TPSA) is 64.3 Å². The van der Waals surface area contributed by atoms with Gasteiger partial charge in [-0.1, -0.05) is 12.7 Å². The molecule has 1 fully saturated rings. The minimum absolute atomic E-state index is 0.0984. The third-order valence-corrected chi connectivity index (χ3v) is 1.96. The molecule has 4 heteroatoms. The fourth-order valence-electron chi connectivity index (χ4n) is 1.03.